The van der Waals surface area contributed by atoms with Crippen molar-refractivity contribution in [1.82, 2.24) is 4.98 Å². The van der Waals surface area contributed by atoms with Crippen LogP contribution in [0.1, 0.15) is 112 Å². The van der Waals surface area contributed by atoms with Crippen molar-refractivity contribution in [1.29, 1.82) is 0 Å². The molecule has 1 aliphatic rings. The second-order valence-corrected chi connectivity index (χ2v) is 15.9. The van der Waals surface area contributed by atoms with Crippen LogP contribution in [-0.4, -0.2) is 22.0 Å². The molecule has 0 amide bonds. The molecular formula is C47H58IrNO4-. The Morgan fingerprint density at radius 2 is 1.64 bits per heavy atom. The van der Waals surface area contributed by atoms with Crippen LogP contribution in [0.4, 0.5) is 0 Å². The fourth-order valence-corrected chi connectivity index (χ4v) is 7.25. The van der Waals surface area contributed by atoms with Crippen molar-refractivity contribution in [2.24, 2.45) is 17.8 Å². The second kappa shape index (κ2) is 18.1. The molecule has 0 spiro atoms. The van der Waals surface area contributed by atoms with E-state index in [-0.39, 0.29) is 55.0 Å². The molecule has 0 saturated carbocycles. The Labute approximate surface area is 331 Å². The average molecular weight is 893 g/mol. The molecule has 1 aliphatic heterocycles. The van der Waals surface area contributed by atoms with E-state index in [9.17, 15) is 9.90 Å². The van der Waals surface area contributed by atoms with Crippen molar-refractivity contribution in [2.75, 3.05) is 0 Å². The van der Waals surface area contributed by atoms with Gasteiger partial charge < -0.3 is 14.3 Å². The van der Waals surface area contributed by atoms with Crippen molar-refractivity contribution in [3.8, 4) is 28.1 Å². The largest absolute Gasteiger partial charge is 0.512 e. The number of ether oxygens (including phenoxy) is 1. The van der Waals surface area contributed by atoms with E-state index >= 15 is 0 Å². The molecule has 5 nitrogen and oxygen atoms in total. The summed E-state index contributed by atoms with van der Waals surface area (Å²) in [6, 6.07) is 25.3. The number of aromatic nitrogens is 1. The molecule has 1 radical (unpaired) electrons. The van der Waals surface area contributed by atoms with E-state index in [0.29, 0.717) is 5.92 Å². The van der Waals surface area contributed by atoms with E-state index in [0.717, 1.165) is 94.5 Å². The minimum absolute atomic E-state index is 0. The van der Waals surface area contributed by atoms with Gasteiger partial charge in [0.05, 0.1) is 11.5 Å². The molecule has 0 fully saturated rings. The number of allylic oxidation sites excluding steroid dienone is 2. The summed E-state index contributed by atoms with van der Waals surface area (Å²) in [4.78, 5) is 16.8. The topological polar surface area (TPSA) is 72.6 Å². The van der Waals surface area contributed by atoms with Gasteiger partial charge in [0.25, 0.3) is 0 Å². The summed E-state index contributed by atoms with van der Waals surface area (Å²) in [6.07, 6.45) is 6.75. The van der Waals surface area contributed by atoms with Crippen LogP contribution in [-0.2, 0) is 43.2 Å². The Morgan fingerprint density at radius 1 is 0.962 bits per heavy atom. The van der Waals surface area contributed by atoms with Gasteiger partial charge in [0.15, 0.2) is 5.78 Å². The molecule has 1 atom stereocenters. The van der Waals surface area contributed by atoms with Gasteiger partial charge in [0, 0.05) is 67.5 Å². The summed E-state index contributed by atoms with van der Waals surface area (Å²) in [5.74, 6) is 3.03. The first-order chi connectivity index (χ1) is 24.8. The van der Waals surface area contributed by atoms with Gasteiger partial charge in [-0.3, -0.25) is 9.78 Å². The van der Waals surface area contributed by atoms with E-state index in [1.165, 1.54) is 17.0 Å². The predicted octanol–water partition coefficient (Wildman–Crippen LogP) is 12.8. The number of aliphatic hydroxyl groups excluding tert-OH is 1. The molecule has 285 valence electrons. The van der Waals surface area contributed by atoms with Crippen molar-refractivity contribution in [3.05, 3.63) is 95.6 Å². The van der Waals surface area contributed by atoms with Gasteiger partial charge in [-0.2, -0.15) is 0 Å². The Kier molecular flexibility index (Phi) is 14.3. The number of hydrogen-bond acceptors (Lipinski definition) is 5. The van der Waals surface area contributed by atoms with Crippen molar-refractivity contribution in [2.45, 2.75) is 119 Å². The fraction of sp³-hybridized carbons (Fsp3) is 0.447. The first-order valence-electron chi connectivity index (χ1n) is 19.4. The standard InChI is InChI=1S/C34H34NO2.C13H24O2.Ir/c1-20(2)13-26-16-24-12-11-23(18-32(24)37-26)28-19-30(35-31-14-21(3)36-33(28)31)25-15-22-9-7-8-10-27(22)29(17-25)34(4,5)6;1-5-10(6-2)12(14)9-13(15)11(7-3)8-4;/h7-12,16-21H,13-14H2,1-6H3;9-11,14H,5-8H2,1-4H3;/q-1;;/b;12-9-;. The maximum absolute atomic E-state index is 11.7. The van der Waals surface area contributed by atoms with E-state index in [1.807, 2.05) is 27.7 Å². The monoisotopic (exact) mass is 893 g/mol. The Morgan fingerprint density at radius 3 is 2.28 bits per heavy atom. The number of nitrogens with zero attached hydrogens (tertiary/aromatic N) is 1. The van der Waals surface area contributed by atoms with Crippen LogP contribution in [0.25, 0.3) is 44.1 Å². The van der Waals surface area contributed by atoms with Crippen LogP contribution in [0.5, 0.6) is 5.75 Å². The third-order valence-electron chi connectivity index (χ3n) is 10.3. The van der Waals surface area contributed by atoms with Gasteiger partial charge >= 0.3 is 0 Å². The summed E-state index contributed by atoms with van der Waals surface area (Å²) in [5.41, 5.74) is 7.33. The summed E-state index contributed by atoms with van der Waals surface area (Å²) in [5, 5.41) is 13.3. The molecule has 0 bridgehead atoms. The molecule has 53 heavy (non-hydrogen) atoms. The molecule has 1 unspecified atom stereocenters. The Balaban J connectivity index is 0.000000335. The van der Waals surface area contributed by atoms with E-state index in [2.05, 4.69) is 108 Å². The molecule has 6 heteroatoms. The average Bonchev–Trinajstić information content (AvgIpc) is 3.69. The summed E-state index contributed by atoms with van der Waals surface area (Å²) in [7, 11) is 0. The normalized spacial score (nSPS) is 14.4. The van der Waals surface area contributed by atoms with Crippen LogP contribution in [0.2, 0.25) is 0 Å². The number of hydrogen-bond donors (Lipinski definition) is 1. The van der Waals surface area contributed by atoms with Crippen molar-refractivity contribution < 1.29 is 39.2 Å². The van der Waals surface area contributed by atoms with Gasteiger partial charge in [-0.15, -0.1) is 29.1 Å². The van der Waals surface area contributed by atoms with Crippen LogP contribution >= 0.6 is 0 Å². The molecule has 0 saturated heterocycles. The van der Waals surface area contributed by atoms with Gasteiger partial charge in [-0.1, -0.05) is 110 Å². The number of rotatable bonds is 11. The first-order valence-corrected chi connectivity index (χ1v) is 19.4. The minimum atomic E-state index is -0.00134. The fourth-order valence-electron chi connectivity index (χ4n) is 7.25. The number of aliphatic hydroxyl groups is 1. The van der Waals surface area contributed by atoms with E-state index in [1.54, 1.807) is 0 Å². The summed E-state index contributed by atoms with van der Waals surface area (Å²) >= 11 is 0. The van der Waals surface area contributed by atoms with Gasteiger partial charge in [0.1, 0.15) is 23.2 Å². The smallest absolute Gasteiger partial charge is 0.162 e. The van der Waals surface area contributed by atoms with Crippen LogP contribution in [0, 0.1) is 23.8 Å². The zero-order chi connectivity index (χ0) is 37.7. The molecule has 5 aromatic rings. The zero-order valence-corrected chi connectivity index (χ0v) is 35.8. The Bertz CT molecular complexity index is 2040. The summed E-state index contributed by atoms with van der Waals surface area (Å²) < 4.78 is 12.5. The number of benzene rings is 3. The maximum Gasteiger partial charge on any atom is 0.162 e. The second-order valence-electron chi connectivity index (χ2n) is 15.9. The molecular weight excluding hydrogens is 835 g/mol. The molecule has 3 heterocycles. The number of furan rings is 1. The third kappa shape index (κ3) is 9.88. The molecule has 3 aromatic carbocycles. The van der Waals surface area contributed by atoms with Gasteiger partial charge in [0.2, 0.25) is 0 Å². The van der Waals surface area contributed by atoms with Crippen molar-refractivity contribution >= 4 is 27.5 Å². The molecule has 0 aliphatic carbocycles. The minimum Gasteiger partial charge on any atom is -0.512 e. The first kappa shape index (κ1) is 42.0. The third-order valence-corrected chi connectivity index (χ3v) is 10.3. The van der Waals surface area contributed by atoms with Crippen molar-refractivity contribution in [3.63, 3.8) is 0 Å². The van der Waals surface area contributed by atoms with Gasteiger partial charge in [-0.25, -0.2) is 0 Å². The number of ketones is 1. The number of fused-ring (bicyclic) bond motifs is 3. The maximum atomic E-state index is 11.7. The van der Waals surface area contributed by atoms with Crippen LogP contribution in [0.3, 0.4) is 0 Å². The molecule has 6 rings (SSSR count). The van der Waals surface area contributed by atoms with Crippen LogP contribution in [0.15, 0.2) is 76.9 Å². The summed E-state index contributed by atoms with van der Waals surface area (Å²) in [6.45, 7) is 21.4. The molecule has 1 N–H and O–H groups in total. The number of pyridine rings is 1. The Hall–Kier alpha value is -3.73. The van der Waals surface area contributed by atoms with Crippen LogP contribution < -0.4 is 4.74 Å². The molecule has 2 aromatic heterocycles. The zero-order valence-electron chi connectivity index (χ0n) is 33.4. The predicted molar refractivity (Wildman–Crippen MR) is 216 cm³/mol. The SMILES string of the molecule is CC(C)Cc1cc2ccc(-c3cc(-c4[c-]c5ccccc5c(C(C)(C)C)c4)nc4c3OC(C)C4)cc2o1.CCC(CC)C(=O)/C=C(\O)C(CC)CC.[Ir]. The number of carbonyl (C=O) groups excluding carboxylic acids is 1. The quantitative estimate of drug-likeness (QED) is 0.0812. The van der Waals surface area contributed by atoms with Gasteiger partial charge in [-0.05, 0) is 61.6 Å². The van der Waals surface area contributed by atoms with E-state index in [4.69, 9.17) is 14.1 Å². The number of carbonyl (C=O) groups is 1. The van der Waals surface area contributed by atoms with E-state index < -0.39 is 0 Å².